The lowest BCUT2D eigenvalue weighted by Gasteiger charge is -2.09. The van der Waals surface area contributed by atoms with Crippen LogP contribution in [-0.4, -0.2) is 5.75 Å². The molecule has 0 bridgehead atoms. The Balaban J connectivity index is 2.72. The molecule has 0 saturated heterocycles. The van der Waals surface area contributed by atoms with Crippen molar-refractivity contribution in [2.45, 2.75) is 32.6 Å². The van der Waals surface area contributed by atoms with Gasteiger partial charge in [0.05, 0.1) is 0 Å². The van der Waals surface area contributed by atoms with E-state index in [4.69, 9.17) is 0 Å². The summed E-state index contributed by atoms with van der Waals surface area (Å²) in [4.78, 5) is 1.27. The molecular weight excluding hydrogens is 284 g/mol. The van der Waals surface area contributed by atoms with E-state index in [9.17, 15) is 0 Å². The van der Waals surface area contributed by atoms with E-state index in [2.05, 4.69) is 64.3 Å². The van der Waals surface area contributed by atoms with Crippen LogP contribution < -0.4 is 0 Å². The molecule has 0 N–H and O–H groups in total. The van der Waals surface area contributed by atoms with Gasteiger partial charge in [-0.3, -0.25) is 0 Å². The molecule has 0 heterocycles. The van der Waals surface area contributed by atoms with Crippen molar-refractivity contribution in [3.8, 4) is 0 Å². The Bertz CT molecular complexity index is 623. The van der Waals surface area contributed by atoms with E-state index in [0.717, 1.165) is 16.9 Å². The van der Waals surface area contributed by atoms with Gasteiger partial charge in [-0.1, -0.05) is 55.2 Å². The van der Waals surface area contributed by atoms with Crippen LogP contribution in [0.15, 0.2) is 77.8 Å². The smallest absolute Gasteiger partial charge is 0.0226 e. The second kappa shape index (κ2) is 9.32. The second-order valence-corrected chi connectivity index (χ2v) is 6.60. The number of benzene rings is 1. The number of aryl methyl sites for hydroxylation is 1. The largest absolute Gasteiger partial charge is 0.121 e. The highest BCUT2D eigenvalue weighted by atomic mass is 32.2. The topological polar surface area (TPSA) is 0 Å². The van der Waals surface area contributed by atoms with E-state index in [1.54, 1.807) is 0 Å². The molecule has 0 aliphatic heterocycles. The van der Waals surface area contributed by atoms with Crippen molar-refractivity contribution in [3.63, 3.8) is 0 Å². The van der Waals surface area contributed by atoms with Crippen LogP contribution in [0.1, 0.15) is 31.9 Å². The van der Waals surface area contributed by atoms with Crippen LogP contribution in [0.4, 0.5) is 0 Å². The van der Waals surface area contributed by atoms with Gasteiger partial charge >= 0.3 is 0 Å². The molecule has 0 aliphatic carbocycles. The zero-order chi connectivity index (χ0) is 16.5. The van der Waals surface area contributed by atoms with E-state index in [0.29, 0.717) is 0 Å². The molecule has 0 nitrogen and oxygen atoms in total. The maximum Gasteiger partial charge on any atom is 0.0226 e. The first-order chi connectivity index (χ1) is 10.4. The Morgan fingerprint density at radius 2 is 1.91 bits per heavy atom. The second-order valence-electron chi connectivity index (χ2n) is 5.56. The summed E-state index contributed by atoms with van der Waals surface area (Å²) in [7, 11) is 0. The van der Waals surface area contributed by atoms with Gasteiger partial charge < -0.3 is 0 Å². The first-order valence-corrected chi connectivity index (χ1v) is 8.47. The van der Waals surface area contributed by atoms with Gasteiger partial charge in [0.15, 0.2) is 0 Å². The Morgan fingerprint density at radius 1 is 1.18 bits per heavy atom. The summed E-state index contributed by atoms with van der Waals surface area (Å²) in [5, 5.41) is 0. The summed E-state index contributed by atoms with van der Waals surface area (Å²) >= 11 is 1.82. The van der Waals surface area contributed by atoms with E-state index in [-0.39, 0.29) is 0 Å². The zero-order valence-corrected chi connectivity index (χ0v) is 15.0. The Morgan fingerprint density at radius 3 is 2.50 bits per heavy atom. The minimum Gasteiger partial charge on any atom is -0.121 e. The molecule has 0 unspecified atom stereocenters. The number of hydrogen-bond acceptors (Lipinski definition) is 1. The maximum atomic E-state index is 4.16. The molecule has 22 heavy (non-hydrogen) atoms. The summed E-state index contributed by atoms with van der Waals surface area (Å²) < 4.78 is 0. The van der Waals surface area contributed by atoms with Crippen molar-refractivity contribution >= 4 is 17.3 Å². The van der Waals surface area contributed by atoms with E-state index in [1.807, 2.05) is 36.9 Å². The summed E-state index contributed by atoms with van der Waals surface area (Å²) in [5.41, 5.74) is 5.96. The molecule has 0 aliphatic rings. The van der Waals surface area contributed by atoms with Gasteiger partial charge in [0.1, 0.15) is 0 Å². The molecule has 0 amide bonds. The highest BCUT2D eigenvalue weighted by molar-refractivity contribution is 7.99. The highest BCUT2D eigenvalue weighted by Crippen LogP contribution is 2.27. The summed E-state index contributed by atoms with van der Waals surface area (Å²) in [6, 6.07) is 6.56. The third-order valence-corrected chi connectivity index (χ3v) is 4.17. The first-order valence-electron chi connectivity index (χ1n) is 7.48. The molecule has 0 radical (unpaired) electrons. The van der Waals surface area contributed by atoms with Gasteiger partial charge in [0.25, 0.3) is 0 Å². The third-order valence-electron chi connectivity index (χ3n) is 3.07. The highest BCUT2D eigenvalue weighted by Gasteiger charge is 2.03. The number of allylic oxidation sites excluding steroid dienone is 7. The minimum absolute atomic E-state index is 0.905. The van der Waals surface area contributed by atoms with E-state index in [1.165, 1.54) is 21.6 Å². The van der Waals surface area contributed by atoms with Crippen molar-refractivity contribution in [1.29, 1.82) is 0 Å². The van der Waals surface area contributed by atoms with Crippen LogP contribution in [0.5, 0.6) is 0 Å². The monoisotopic (exact) mass is 310 g/mol. The average molecular weight is 311 g/mol. The Hall–Kier alpha value is -1.73. The summed E-state index contributed by atoms with van der Waals surface area (Å²) in [5.74, 6) is 0.905. The maximum absolute atomic E-state index is 4.16. The predicted molar refractivity (Wildman–Crippen MR) is 103 cm³/mol. The van der Waals surface area contributed by atoms with Gasteiger partial charge in [0, 0.05) is 10.6 Å². The third kappa shape index (κ3) is 6.36. The fraction of sp³-hybridized carbons (Fsp3) is 0.238. The van der Waals surface area contributed by atoms with Crippen molar-refractivity contribution in [2.24, 2.45) is 0 Å². The SMILES string of the molecule is C=C(/C=C\C=C/C)CSc1ccc(C(=C)C=C(C)C)c(C)c1. The molecule has 1 aromatic rings. The predicted octanol–water partition coefficient (Wildman–Crippen LogP) is 6.76. The fourth-order valence-electron chi connectivity index (χ4n) is 2.04. The van der Waals surface area contributed by atoms with E-state index < -0.39 is 0 Å². The molecule has 0 spiro atoms. The van der Waals surface area contributed by atoms with Crippen LogP contribution in [0.2, 0.25) is 0 Å². The molecule has 0 saturated carbocycles. The molecular formula is C21H26S. The summed E-state index contributed by atoms with van der Waals surface area (Å²) in [6.07, 6.45) is 10.2. The zero-order valence-electron chi connectivity index (χ0n) is 14.1. The van der Waals surface area contributed by atoms with Crippen LogP contribution >= 0.6 is 11.8 Å². The Labute approximate surface area is 140 Å². The quantitative estimate of drug-likeness (QED) is 0.396. The van der Waals surface area contributed by atoms with Gasteiger partial charge in [-0.05, 0) is 62.1 Å². The average Bonchev–Trinajstić information content (AvgIpc) is 2.44. The fourth-order valence-corrected chi connectivity index (χ4v) is 2.91. The lowest BCUT2D eigenvalue weighted by molar-refractivity contribution is 1.32. The molecule has 0 fully saturated rings. The van der Waals surface area contributed by atoms with Crippen molar-refractivity contribution in [1.82, 2.24) is 0 Å². The number of hydrogen-bond donors (Lipinski definition) is 0. The van der Waals surface area contributed by atoms with Crippen molar-refractivity contribution in [2.75, 3.05) is 5.75 Å². The van der Waals surface area contributed by atoms with Gasteiger partial charge in [-0.25, -0.2) is 0 Å². The summed E-state index contributed by atoms with van der Waals surface area (Å²) in [6.45, 7) is 16.6. The van der Waals surface area contributed by atoms with Gasteiger partial charge in [-0.15, -0.1) is 11.8 Å². The minimum atomic E-state index is 0.905. The standard InChI is InChI=1S/C21H26S/c1-7-8-9-10-17(4)15-22-20-11-12-21(19(6)14-20)18(5)13-16(2)3/h7-14H,4-5,15H2,1-3,6H3/b8-7-,10-9-. The van der Waals surface area contributed by atoms with Crippen LogP contribution in [0, 0.1) is 6.92 Å². The molecule has 1 aromatic carbocycles. The van der Waals surface area contributed by atoms with Crippen LogP contribution in [-0.2, 0) is 0 Å². The number of rotatable bonds is 7. The number of thioether (sulfide) groups is 1. The molecule has 0 atom stereocenters. The van der Waals surface area contributed by atoms with Crippen molar-refractivity contribution in [3.05, 3.63) is 84.0 Å². The van der Waals surface area contributed by atoms with Gasteiger partial charge in [-0.2, -0.15) is 0 Å². The van der Waals surface area contributed by atoms with Crippen LogP contribution in [0.3, 0.4) is 0 Å². The van der Waals surface area contributed by atoms with E-state index >= 15 is 0 Å². The van der Waals surface area contributed by atoms with Gasteiger partial charge in [0.2, 0.25) is 0 Å². The molecule has 1 rings (SSSR count). The van der Waals surface area contributed by atoms with Crippen LogP contribution in [0.25, 0.3) is 5.57 Å². The lowest BCUT2D eigenvalue weighted by atomic mass is 10.0. The molecule has 116 valence electrons. The molecule has 1 heteroatoms. The normalized spacial score (nSPS) is 11.1. The molecule has 0 aromatic heterocycles. The van der Waals surface area contributed by atoms with Crippen molar-refractivity contribution < 1.29 is 0 Å². The first kappa shape index (κ1) is 18.3. The Kier molecular flexibility index (Phi) is 7.76. The lowest BCUT2D eigenvalue weighted by Crippen LogP contribution is -1.88.